The second-order valence-electron chi connectivity index (χ2n) is 9.98. The number of fused-ring (bicyclic) bond motifs is 1. The van der Waals surface area contributed by atoms with Gasteiger partial charge in [-0.1, -0.05) is 112 Å². The average Bonchev–Trinajstić information content (AvgIpc) is 2.87. The fourth-order valence-corrected chi connectivity index (χ4v) is 4.75. The zero-order valence-corrected chi connectivity index (χ0v) is 20.4. The van der Waals surface area contributed by atoms with Gasteiger partial charge in [0.25, 0.3) is 0 Å². The Morgan fingerprint density at radius 2 is 1.12 bits per heavy atom. The van der Waals surface area contributed by atoms with Crippen LogP contribution in [-0.2, 0) is 5.41 Å². The van der Waals surface area contributed by atoms with Crippen molar-refractivity contribution in [3.05, 3.63) is 121 Å². The van der Waals surface area contributed by atoms with E-state index in [0.717, 1.165) is 0 Å². The second kappa shape index (κ2) is 8.83. The molecular weight excluding hydrogens is 410 g/mol. The highest BCUT2D eigenvalue weighted by molar-refractivity contribution is 5.88. The third kappa shape index (κ3) is 4.22. The van der Waals surface area contributed by atoms with Crippen molar-refractivity contribution in [3.8, 4) is 22.3 Å². The number of hydrogen-bond acceptors (Lipinski definition) is 1. The number of anilines is 2. The molecule has 0 radical (unpaired) electrons. The van der Waals surface area contributed by atoms with Crippen molar-refractivity contribution in [2.45, 2.75) is 26.2 Å². The molecule has 5 aromatic rings. The number of hydrogen-bond donors (Lipinski definition) is 0. The highest BCUT2D eigenvalue weighted by Crippen LogP contribution is 2.39. The van der Waals surface area contributed by atoms with Crippen LogP contribution in [0.25, 0.3) is 33.0 Å². The SMILES string of the molecule is CN(c1ccc(-c2ccc3ccccc3c2)cc1)c1ccccc1-c1ccccc1C(C)(C)C. The van der Waals surface area contributed by atoms with Gasteiger partial charge in [-0.25, -0.2) is 0 Å². The molecule has 0 bridgehead atoms. The summed E-state index contributed by atoms with van der Waals surface area (Å²) >= 11 is 0. The lowest BCUT2D eigenvalue weighted by Crippen LogP contribution is -2.14. The largest absolute Gasteiger partial charge is 0.344 e. The predicted octanol–water partition coefficient (Wildman–Crippen LogP) is 9.24. The van der Waals surface area contributed by atoms with Gasteiger partial charge in [-0.15, -0.1) is 0 Å². The van der Waals surface area contributed by atoms with Crippen molar-refractivity contribution in [1.29, 1.82) is 0 Å². The van der Waals surface area contributed by atoms with E-state index in [4.69, 9.17) is 0 Å². The summed E-state index contributed by atoms with van der Waals surface area (Å²) in [4.78, 5) is 2.29. The summed E-state index contributed by atoms with van der Waals surface area (Å²) in [6.45, 7) is 6.84. The summed E-state index contributed by atoms with van der Waals surface area (Å²) in [6.07, 6.45) is 0. The van der Waals surface area contributed by atoms with Crippen LogP contribution in [0.3, 0.4) is 0 Å². The van der Waals surface area contributed by atoms with Gasteiger partial charge >= 0.3 is 0 Å². The van der Waals surface area contributed by atoms with Crippen molar-refractivity contribution in [3.63, 3.8) is 0 Å². The molecule has 0 saturated heterocycles. The molecule has 1 heteroatoms. The van der Waals surface area contributed by atoms with E-state index in [1.807, 2.05) is 0 Å². The molecule has 0 aliphatic rings. The van der Waals surface area contributed by atoms with Gasteiger partial charge in [-0.3, -0.25) is 0 Å². The quantitative estimate of drug-likeness (QED) is 0.269. The maximum absolute atomic E-state index is 2.29. The van der Waals surface area contributed by atoms with Crippen molar-refractivity contribution in [2.75, 3.05) is 11.9 Å². The minimum atomic E-state index is 0.0732. The van der Waals surface area contributed by atoms with Gasteiger partial charge in [-0.05, 0) is 62.7 Å². The summed E-state index contributed by atoms with van der Waals surface area (Å²) in [7, 11) is 2.16. The summed E-state index contributed by atoms with van der Waals surface area (Å²) in [5, 5.41) is 2.54. The molecular formula is C33H31N. The first-order valence-electron chi connectivity index (χ1n) is 11.9. The number of para-hydroxylation sites is 1. The smallest absolute Gasteiger partial charge is 0.0487 e. The number of benzene rings is 5. The molecule has 5 rings (SSSR count). The van der Waals surface area contributed by atoms with Gasteiger partial charge in [0.2, 0.25) is 0 Å². The van der Waals surface area contributed by atoms with E-state index in [0.29, 0.717) is 0 Å². The minimum Gasteiger partial charge on any atom is -0.344 e. The molecule has 0 unspecified atom stereocenters. The first-order valence-corrected chi connectivity index (χ1v) is 11.9. The normalized spacial score (nSPS) is 11.5. The van der Waals surface area contributed by atoms with Crippen LogP contribution in [0.15, 0.2) is 115 Å². The Hall–Kier alpha value is -3.84. The average molecular weight is 442 g/mol. The lowest BCUT2D eigenvalue weighted by molar-refractivity contribution is 0.592. The van der Waals surface area contributed by atoms with Gasteiger partial charge in [0.05, 0.1) is 0 Å². The molecule has 0 fully saturated rings. The van der Waals surface area contributed by atoms with Crippen molar-refractivity contribution in [2.24, 2.45) is 0 Å². The fraction of sp³-hybridized carbons (Fsp3) is 0.152. The van der Waals surface area contributed by atoms with Gasteiger partial charge < -0.3 is 4.90 Å². The standard InChI is InChI=1S/C33H31N/c1-33(2,3)31-15-9-7-13-29(31)30-14-8-10-16-32(30)34(4)28-21-19-25(20-22-28)27-18-17-24-11-5-6-12-26(24)23-27/h5-23H,1-4H3. The first kappa shape index (κ1) is 22.0. The van der Waals surface area contributed by atoms with E-state index in [1.165, 1.54) is 50.0 Å². The minimum absolute atomic E-state index is 0.0732. The highest BCUT2D eigenvalue weighted by Gasteiger charge is 2.20. The predicted molar refractivity (Wildman–Crippen MR) is 148 cm³/mol. The van der Waals surface area contributed by atoms with Crippen LogP contribution in [-0.4, -0.2) is 7.05 Å². The number of nitrogens with zero attached hydrogens (tertiary/aromatic N) is 1. The molecule has 0 aromatic heterocycles. The third-order valence-corrected chi connectivity index (χ3v) is 6.63. The van der Waals surface area contributed by atoms with E-state index in [1.54, 1.807) is 0 Å². The van der Waals surface area contributed by atoms with E-state index in [9.17, 15) is 0 Å². The van der Waals surface area contributed by atoms with Crippen LogP contribution in [0.1, 0.15) is 26.3 Å². The van der Waals surface area contributed by atoms with Gasteiger partial charge in [0, 0.05) is 24.0 Å². The van der Waals surface area contributed by atoms with Gasteiger partial charge in [0.15, 0.2) is 0 Å². The first-order chi connectivity index (χ1) is 16.4. The molecule has 168 valence electrons. The Labute approximate surface area is 203 Å². The molecule has 0 spiro atoms. The molecule has 5 aromatic carbocycles. The maximum Gasteiger partial charge on any atom is 0.0487 e. The lowest BCUT2D eigenvalue weighted by Gasteiger charge is -2.27. The topological polar surface area (TPSA) is 3.24 Å². The molecule has 0 saturated carbocycles. The molecule has 0 aliphatic carbocycles. The summed E-state index contributed by atoms with van der Waals surface area (Å²) < 4.78 is 0. The lowest BCUT2D eigenvalue weighted by atomic mass is 9.81. The summed E-state index contributed by atoms with van der Waals surface area (Å²) in [6, 6.07) is 41.6. The molecule has 0 heterocycles. The maximum atomic E-state index is 2.29. The van der Waals surface area contributed by atoms with Crippen molar-refractivity contribution < 1.29 is 0 Å². The molecule has 34 heavy (non-hydrogen) atoms. The molecule has 0 N–H and O–H groups in total. The van der Waals surface area contributed by atoms with E-state index in [2.05, 4.69) is 148 Å². The second-order valence-corrected chi connectivity index (χ2v) is 9.98. The molecule has 0 amide bonds. The van der Waals surface area contributed by atoms with E-state index < -0.39 is 0 Å². The Morgan fingerprint density at radius 1 is 0.529 bits per heavy atom. The molecule has 0 atom stereocenters. The Balaban J connectivity index is 1.50. The third-order valence-electron chi connectivity index (χ3n) is 6.63. The van der Waals surface area contributed by atoms with E-state index in [-0.39, 0.29) is 5.41 Å². The van der Waals surface area contributed by atoms with Crippen LogP contribution in [0, 0.1) is 0 Å². The van der Waals surface area contributed by atoms with Crippen molar-refractivity contribution >= 4 is 22.1 Å². The van der Waals surface area contributed by atoms with Gasteiger partial charge in [-0.2, -0.15) is 0 Å². The zero-order chi connectivity index (χ0) is 23.7. The Kier molecular flexibility index (Phi) is 5.71. The van der Waals surface area contributed by atoms with Crippen LogP contribution in [0.2, 0.25) is 0 Å². The van der Waals surface area contributed by atoms with Crippen molar-refractivity contribution in [1.82, 2.24) is 0 Å². The highest BCUT2D eigenvalue weighted by atomic mass is 15.1. The monoisotopic (exact) mass is 441 g/mol. The van der Waals surface area contributed by atoms with Crippen LogP contribution >= 0.6 is 0 Å². The fourth-order valence-electron chi connectivity index (χ4n) is 4.75. The molecule has 0 aliphatic heterocycles. The Morgan fingerprint density at radius 3 is 1.85 bits per heavy atom. The number of rotatable bonds is 4. The van der Waals surface area contributed by atoms with Gasteiger partial charge in [0.1, 0.15) is 0 Å². The summed E-state index contributed by atoms with van der Waals surface area (Å²) in [5.74, 6) is 0. The zero-order valence-electron chi connectivity index (χ0n) is 20.4. The van der Waals surface area contributed by atoms with Crippen LogP contribution in [0.5, 0.6) is 0 Å². The molecule has 1 nitrogen and oxygen atoms in total. The van der Waals surface area contributed by atoms with E-state index >= 15 is 0 Å². The van der Waals surface area contributed by atoms with Crippen LogP contribution < -0.4 is 4.90 Å². The van der Waals surface area contributed by atoms with Crippen LogP contribution in [0.4, 0.5) is 11.4 Å². The Bertz CT molecular complexity index is 1440. The summed E-state index contributed by atoms with van der Waals surface area (Å²) in [5.41, 5.74) is 8.84.